The monoisotopic (exact) mass is 333 g/mol. The molecule has 1 unspecified atom stereocenters. The molecule has 1 heterocycles. The van der Waals surface area contributed by atoms with Crippen molar-refractivity contribution in [3.63, 3.8) is 0 Å². The van der Waals surface area contributed by atoms with Crippen molar-refractivity contribution in [3.05, 3.63) is 47.6 Å². The molecule has 8 heteroatoms. The average Bonchev–Trinajstić information content (AvgIpc) is 2.97. The van der Waals surface area contributed by atoms with Crippen LogP contribution in [0.1, 0.15) is 36.2 Å². The molecule has 128 valence electrons. The predicted octanol–water partition coefficient (Wildman–Crippen LogP) is 1.62. The second-order valence-electron chi connectivity index (χ2n) is 5.19. The number of ether oxygens (including phenoxy) is 1. The number of nitrogens with zero attached hydrogens (tertiary/aromatic N) is 2. The molecule has 2 aromatic rings. The molecular weight excluding hydrogens is 314 g/mol. The molecule has 0 fully saturated rings. The van der Waals surface area contributed by atoms with Crippen molar-refractivity contribution in [2.75, 3.05) is 6.61 Å². The normalized spacial score (nSPS) is 11.9. The lowest BCUT2D eigenvalue weighted by molar-refractivity contribution is -0.137. The van der Waals surface area contributed by atoms with Crippen LogP contribution in [0.4, 0.5) is 0 Å². The van der Waals surface area contributed by atoms with E-state index in [1.807, 2.05) is 30.3 Å². The summed E-state index contributed by atoms with van der Waals surface area (Å²) < 4.78 is 10.1. The highest BCUT2D eigenvalue weighted by molar-refractivity contribution is 5.77. The number of carbonyl (C=O) groups is 2. The van der Waals surface area contributed by atoms with E-state index >= 15 is 0 Å². The maximum atomic E-state index is 12.0. The van der Waals surface area contributed by atoms with Crippen molar-refractivity contribution in [2.24, 2.45) is 0 Å². The van der Waals surface area contributed by atoms with E-state index in [9.17, 15) is 9.59 Å². The van der Waals surface area contributed by atoms with E-state index in [0.29, 0.717) is 18.1 Å². The molecule has 2 rings (SSSR count). The maximum absolute atomic E-state index is 12.0. The van der Waals surface area contributed by atoms with Gasteiger partial charge in [0.05, 0.1) is 6.04 Å². The van der Waals surface area contributed by atoms with E-state index in [1.54, 1.807) is 6.92 Å². The molecule has 0 aliphatic rings. The largest absolute Gasteiger partial charge is 0.481 e. The lowest BCUT2D eigenvalue weighted by Gasteiger charge is -2.18. The standard InChI is InChI=1S/C16H19N3O5/c1-11-17-15(24-19-11)10-23-9-14(20)18-13(7-8-16(21)22)12-5-3-2-4-6-12/h2-6,13H,7-10H2,1H3,(H,18,20)(H,21,22). The third kappa shape index (κ3) is 5.81. The molecule has 1 aromatic heterocycles. The van der Waals surface area contributed by atoms with E-state index in [0.717, 1.165) is 5.56 Å². The third-order valence-corrected chi connectivity index (χ3v) is 3.21. The summed E-state index contributed by atoms with van der Waals surface area (Å²) in [7, 11) is 0. The minimum atomic E-state index is -0.909. The van der Waals surface area contributed by atoms with Gasteiger partial charge >= 0.3 is 5.97 Å². The van der Waals surface area contributed by atoms with Gasteiger partial charge in [0.15, 0.2) is 5.82 Å². The Kier molecular flexibility index (Phi) is 6.44. The number of benzene rings is 1. The number of aromatic nitrogens is 2. The van der Waals surface area contributed by atoms with Crippen LogP contribution in [0.15, 0.2) is 34.9 Å². The number of carboxylic acids is 1. The number of aliphatic carboxylic acids is 1. The number of hydrogen-bond donors (Lipinski definition) is 2. The lowest BCUT2D eigenvalue weighted by Crippen LogP contribution is -2.32. The van der Waals surface area contributed by atoms with Gasteiger partial charge in [-0.3, -0.25) is 9.59 Å². The van der Waals surface area contributed by atoms with Crippen molar-refractivity contribution in [3.8, 4) is 0 Å². The van der Waals surface area contributed by atoms with Gasteiger partial charge in [0.2, 0.25) is 5.91 Å². The summed E-state index contributed by atoms with van der Waals surface area (Å²) in [5.74, 6) is -0.458. The second kappa shape index (κ2) is 8.78. The topological polar surface area (TPSA) is 115 Å². The van der Waals surface area contributed by atoms with E-state index in [4.69, 9.17) is 14.4 Å². The van der Waals surface area contributed by atoms with Gasteiger partial charge in [-0.05, 0) is 18.9 Å². The zero-order valence-electron chi connectivity index (χ0n) is 13.3. The van der Waals surface area contributed by atoms with Gasteiger partial charge in [-0.15, -0.1) is 0 Å². The van der Waals surface area contributed by atoms with Crippen molar-refractivity contribution in [2.45, 2.75) is 32.4 Å². The molecule has 0 aliphatic heterocycles. The summed E-state index contributed by atoms with van der Waals surface area (Å²) in [6.07, 6.45) is 0.260. The molecular formula is C16H19N3O5. The smallest absolute Gasteiger partial charge is 0.303 e. The summed E-state index contributed by atoms with van der Waals surface area (Å²) in [6.45, 7) is 1.55. The zero-order chi connectivity index (χ0) is 17.4. The van der Waals surface area contributed by atoms with Crippen LogP contribution in [0.2, 0.25) is 0 Å². The molecule has 1 aromatic carbocycles. The first kappa shape index (κ1) is 17.6. The highest BCUT2D eigenvalue weighted by Crippen LogP contribution is 2.18. The van der Waals surface area contributed by atoms with Crippen molar-refractivity contribution in [1.29, 1.82) is 0 Å². The first-order valence-electron chi connectivity index (χ1n) is 7.47. The van der Waals surface area contributed by atoms with E-state index in [1.165, 1.54) is 0 Å². The summed E-state index contributed by atoms with van der Waals surface area (Å²) >= 11 is 0. The SMILES string of the molecule is Cc1noc(COCC(=O)NC(CCC(=O)O)c2ccccc2)n1. The Morgan fingerprint density at radius 3 is 2.71 bits per heavy atom. The van der Waals surface area contributed by atoms with Crippen LogP contribution >= 0.6 is 0 Å². The lowest BCUT2D eigenvalue weighted by atomic mass is 10.0. The molecule has 1 atom stereocenters. The molecule has 0 radical (unpaired) electrons. The summed E-state index contributed by atoms with van der Waals surface area (Å²) in [6, 6.07) is 8.83. The Morgan fingerprint density at radius 2 is 2.08 bits per heavy atom. The minimum absolute atomic E-state index is 0.0397. The molecule has 8 nitrogen and oxygen atoms in total. The Hall–Kier alpha value is -2.74. The quantitative estimate of drug-likeness (QED) is 0.716. The zero-order valence-corrected chi connectivity index (χ0v) is 13.3. The maximum Gasteiger partial charge on any atom is 0.303 e. The number of aryl methyl sites for hydroxylation is 1. The number of hydrogen-bond acceptors (Lipinski definition) is 6. The molecule has 24 heavy (non-hydrogen) atoms. The van der Waals surface area contributed by atoms with Gasteiger partial charge in [0.1, 0.15) is 13.2 Å². The van der Waals surface area contributed by atoms with Crippen molar-refractivity contribution in [1.82, 2.24) is 15.5 Å². The fourth-order valence-corrected chi connectivity index (χ4v) is 2.14. The minimum Gasteiger partial charge on any atom is -0.481 e. The van der Waals surface area contributed by atoms with Crippen LogP contribution < -0.4 is 5.32 Å². The average molecular weight is 333 g/mol. The molecule has 0 saturated heterocycles. The second-order valence-corrected chi connectivity index (χ2v) is 5.19. The van der Waals surface area contributed by atoms with E-state index < -0.39 is 5.97 Å². The van der Waals surface area contributed by atoms with Gasteiger partial charge in [-0.25, -0.2) is 0 Å². The predicted molar refractivity (Wildman–Crippen MR) is 82.9 cm³/mol. The number of nitrogens with one attached hydrogen (secondary N) is 1. The van der Waals surface area contributed by atoms with Crippen LogP contribution in [0.5, 0.6) is 0 Å². The van der Waals surface area contributed by atoms with Crippen LogP contribution in [-0.4, -0.2) is 33.7 Å². The number of rotatable bonds is 9. The van der Waals surface area contributed by atoms with Crippen molar-refractivity contribution >= 4 is 11.9 Å². The Morgan fingerprint density at radius 1 is 1.33 bits per heavy atom. The summed E-state index contributed by atoms with van der Waals surface area (Å²) in [5, 5.41) is 15.3. The molecule has 0 aliphatic carbocycles. The van der Waals surface area contributed by atoms with E-state index in [-0.39, 0.29) is 31.6 Å². The number of amides is 1. The molecule has 0 saturated carbocycles. The van der Waals surface area contributed by atoms with Gasteiger partial charge in [-0.1, -0.05) is 35.5 Å². The molecule has 2 N–H and O–H groups in total. The molecule has 0 spiro atoms. The van der Waals surface area contributed by atoms with Crippen LogP contribution in [0, 0.1) is 6.92 Å². The van der Waals surface area contributed by atoms with E-state index in [2.05, 4.69) is 15.5 Å². The Bertz CT molecular complexity index is 671. The highest BCUT2D eigenvalue weighted by Gasteiger charge is 2.16. The fraction of sp³-hybridized carbons (Fsp3) is 0.375. The fourth-order valence-electron chi connectivity index (χ4n) is 2.14. The van der Waals surface area contributed by atoms with Crippen LogP contribution in [-0.2, 0) is 20.9 Å². The molecule has 1 amide bonds. The first-order chi connectivity index (χ1) is 11.5. The van der Waals surface area contributed by atoms with Gasteiger partial charge < -0.3 is 19.7 Å². The summed E-state index contributed by atoms with van der Waals surface area (Å²) in [5.41, 5.74) is 0.847. The Balaban J connectivity index is 1.85. The van der Waals surface area contributed by atoms with Crippen LogP contribution in [0.25, 0.3) is 0 Å². The number of carbonyl (C=O) groups excluding carboxylic acids is 1. The Labute approximate surface area is 138 Å². The van der Waals surface area contributed by atoms with Gasteiger partial charge in [-0.2, -0.15) is 4.98 Å². The molecule has 0 bridgehead atoms. The summed E-state index contributed by atoms with van der Waals surface area (Å²) in [4.78, 5) is 26.8. The van der Waals surface area contributed by atoms with Gasteiger partial charge in [0.25, 0.3) is 5.89 Å². The third-order valence-electron chi connectivity index (χ3n) is 3.21. The first-order valence-corrected chi connectivity index (χ1v) is 7.47. The highest BCUT2D eigenvalue weighted by atomic mass is 16.5. The number of carboxylic acid groups (broad SMARTS) is 1. The van der Waals surface area contributed by atoms with Crippen molar-refractivity contribution < 1.29 is 24.0 Å². The van der Waals surface area contributed by atoms with Crippen LogP contribution in [0.3, 0.4) is 0 Å². The van der Waals surface area contributed by atoms with Gasteiger partial charge in [0, 0.05) is 6.42 Å².